The molecule has 100 valence electrons. The van der Waals surface area contributed by atoms with Gasteiger partial charge in [0.25, 0.3) is 0 Å². The number of methoxy groups -OCH3 is 1. The second-order valence-corrected chi connectivity index (χ2v) is 4.19. The molecule has 1 aliphatic rings. The number of hydrazine groups is 1. The van der Waals surface area contributed by atoms with Crippen molar-refractivity contribution in [2.24, 2.45) is 5.84 Å². The van der Waals surface area contributed by atoms with Crippen molar-refractivity contribution < 1.29 is 9.47 Å². The minimum Gasteiger partial charge on any atom is -0.467 e. The highest BCUT2D eigenvalue weighted by atomic mass is 16.5. The fourth-order valence-corrected chi connectivity index (χ4v) is 1.80. The van der Waals surface area contributed by atoms with E-state index < -0.39 is 0 Å². The van der Waals surface area contributed by atoms with Crippen LogP contribution in [0.15, 0.2) is 0 Å². The van der Waals surface area contributed by atoms with Gasteiger partial charge in [-0.15, -0.1) is 4.98 Å². The Hall–Kier alpha value is -1.67. The summed E-state index contributed by atoms with van der Waals surface area (Å²) in [7, 11) is 3.58. The van der Waals surface area contributed by atoms with Crippen molar-refractivity contribution in [1.29, 1.82) is 0 Å². The lowest BCUT2D eigenvalue weighted by Crippen LogP contribution is -2.36. The standard InChI is InChI=1S/C10H18N6O2/c1-16-5-3-7(4-6-16)18-10-13-8(15-11)12-9(14-10)17-2/h7H,3-6,11H2,1-2H3,(H,12,13,14,15). The molecule has 0 atom stereocenters. The minimum absolute atomic E-state index is 0.124. The molecule has 0 saturated carbocycles. The number of ether oxygens (including phenoxy) is 2. The van der Waals surface area contributed by atoms with E-state index in [0.717, 1.165) is 25.9 Å². The average molecular weight is 254 g/mol. The van der Waals surface area contributed by atoms with Gasteiger partial charge in [0.1, 0.15) is 6.10 Å². The number of hydrogen-bond acceptors (Lipinski definition) is 8. The van der Waals surface area contributed by atoms with Gasteiger partial charge in [-0.3, -0.25) is 5.43 Å². The summed E-state index contributed by atoms with van der Waals surface area (Å²) in [5, 5.41) is 0. The van der Waals surface area contributed by atoms with Gasteiger partial charge in [-0.25, -0.2) is 5.84 Å². The minimum atomic E-state index is 0.124. The van der Waals surface area contributed by atoms with E-state index in [9.17, 15) is 0 Å². The van der Waals surface area contributed by atoms with Gasteiger partial charge in [0, 0.05) is 13.1 Å². The van der Waals surface area contributed by atoms with Gasteiger partial charge < -0.3 is 14.4 Å². The van der Waals surface area contributed by atoms with Crippen LogP contribution in [0.4, 0.5) is 5.95 Å². The number of hydrogen-bond donors (Lipinski definition) is 2. The summed E-state index contributed by atoms with van der Waals surface area (Å²) in [6, 6.07) is 0.422. The summed E-state index contributed by atoms with van der Waals surface area (Å²) in [4.78, 5) is 14.2. The van der Waals surface area contributed by atoms with Crippen LogP contribution in [0.3, 0.4) is 0 Å². The number of aromatic nitrogens is 3. The van der Waals surface area contributed by atoms with Crippen LogP contribution >= 0.6 is 0 Å². The molecule has 2 heterocycles. The summed E-state index contributed by atoms with van der Waals surface area (Å²) in [6.45, 7) is 2.02. The predicted octanol–water partition coefficient (Wildman–Crippen LogP) is -0.361. The molecule has 0 bridgehead atoms. The van der Waals surface area contributed by atoms with E-state index in [0.29, 0.717) is 0 Å². The summed E-state index contributed by atoms with van der Waals surface area (Å²) in [5.41, 5.74) is 2.36. The lowest BCUT2D eigenvalue weighted by Gasteiger charge is -2.28. The van der Waals surface area contributed by atoms with Crippen molar-refractivity contribution in [2.75, 3.05) is 32.7 Å². The Kier molecular flexibility index (Phi) is 4.11. The van der Waals surface area contributed by atoms with Gasteiger partial charge in [-0.2, -0.15) is 9.97 Å². The monoisotopic (exact) mass is 254 g/mol. The lowest BCUT2D eigenvalue weighted by atomic mass is 10.1. The Labute approximate surface area is 105 Å². The highest BCUT2D eigenvalue weighted by Gasteiger charge is 2.20. The fraction of sp³-hybridized carbons (Fsp3) is 0.700. The Morgan fingerprint density at radius 2 is 1.89 bits per heavy atom. The number of nitrogens with two attached hydrogens (primary N) is 1. The molecule has 1 aromatic heterocycles. The van der Waals surface area contributed by atoms with E-state index in [1.165, 1.54) is 7.11 Å². The zero-order chi connectivity index (χ0) is 13.0. The Morgan fingerprint density at radius 1 is 1.22 bits per heavy atom. The van der Waals surface area contributed by atoms with Crippen LogP contribution < -0.4 is 20.7 Å². The molecule has 3 N–H and O–H groups in total. The number of rotatable bonds is 4. The van der Waals surface area contributed by atoms with Crippen molar-refractivity contribution in [3.05, 3.63) is 0 Å². The largest absolute Gasteiger partial charge is 0.467 e. The second-order valence-electron chi connectivity index (χ2n) is 4.19. The average Bonchev–Trinajstić information content (AvgIpc) is 2.41. The zero-order valence-electron chi connectivity index (χ0n) is 10.6. The number of nitrogens with one attached hydrogen (secondary N) is 1. The van der Waals surface area contributed by atoms with Crippen molar-refractivity contribution in [1.82, 2.24) is 19.9 Å². The lowest BCUT2D eigenvalue weighted by molar-refractivity contribution is 0.104. The summed E-state index contributed by atoms with van der Waals surface area (Å²) in [6.07, 6.45) is 2.03. The van der Waals surface area contributed by atoms with E-state index in [1.54, 1.807) is 0 Å². The molecule has 0 radical (unpaired) electrons. The number of anilines is 1. The first-order valence-electron chi connectivity index (χ1n) is 5.83. The van der Waals surface area contributed by atoms with Crippen LogP contribution in [-0.4, -0.2) is 53.2 Å². The normalized spacial score (nSPS) is 17.5. The summed E-state index contributed by atoms with van der Waals surface area (Å²) < 4.78 is 10.7. The molecule has 0 aromatic carbocycles. The zero-order valence-corrected chi connectivity index (χ0v) is 10.6. The molecule has 1 saturated heterocycles. The van der Waals surface area contributed by atoms with E-state index >= 15 is 0 Å². The van der Waals surface area contributed by atoms with Crippen LogP contribution in [-0.2, 0) is 0 Å². The first-order valence-corrected chi connectivity index (χ1v) is 5.83. The van der Waals surface area contributed by atoms with Crippen LogP contribution in [0, 0.1) is 0 Å². The molecule has 2 rings (SSSR count). The van der Waals surface area contributed by atoms with Crippen LogP contribution in [0.1, 0.15) is 12.8 Å². The molecule has 0 spiro atoms. The van der Waals surface area contributed by atoms with Gasteiger partial charge in [0.15, 0.2) is 0 Å². The molecular weight excluding hydrogens is 236 g/mol. The topological polar surface area (TPSA) is 98.4 Å². The first kappa shape index (κ1) is 12.8. The maximum atomic E-state index is 5.72. The second kappa shape index (κ2) is 5.78. The van der Waals surface area contributed by atoms with Gasteiger partial charge >= 0.3 is 12.0 Å². The predicted molar refractivity (Wildman–Crippen MR) is 65.3 cm³/mol. The summed E-state index contributed by atoms with van der Waals surface area (Å²) in [5.74, 6) is 5.50. The number of piperidine rings is 1. The molecule has 0 unspecified atom stereocenters. The molecule has 1 fully saturated rings. The molecule has 0 amide bonds. The third-order valence-electron chi connectivity index (χ3n) is 2.84. The molecule has 0 aliphatic carbocycles. The summed E-state index contributed by atoms with van der Waals surface area (Å²) >= 11 is 0. The number of nitrogen functional groups attached to an aromatic ring is 1. The maximum absolute atomic E-state index is 5.72. The smallest absolute Gasteiger partial charge is 0.324 e. The molecule has 1 aliphatic heterocycles. The first-order chi connectivity index (χ1) is 8.71. The number of likely N-dealkylation sites (tertiary alicyclic amines) is 1. The van der Waals surface area contributed by atoms with Crippen molar-refractivity contribution in [3.63, 3.8) is 0 Å². The fourth-order valence-electron chi connectivity index (χ4n) is 1.80. The highest BCUT2D eigenvalue weighted by molar-refractivity contribution is 5.25. The molecule has 18 heavy (non-hydrogen) atoms. The van der Waals surface area contributed by atoms with Crippen molar-refractivity contribution in [3.8, 4) is 12.0 Å². The molecule has 8 heteroatoms. The van der Waals surface area contributed by atoms with Gasteiger partial charge in [0.05, 0.1) is 7.11 Å². The van der Waals surface area contributed by atoms with Gasteiger partial charge in [-0.05, 0) is 19.9 Å². The highest BCUT2D eigenvalue weighted by Crippen LogP contribution is 2.17. The third-order valence-corrected chi connectivity index (χ3v) is 2.84. The van der Waals surface area contributed by atoms with E-state index in [-0.39, 0.29) is 24.1 Å². The van der Waals surface area contributed by atoms with E-state index in [1.807, 2.05) is 0 Å². The van der Waals surface area contributed by atoms with Crippen molar-refractivity contribution >= 4 is 5.95 Å². The number of nitrogens with zero attached hydrogens (tertiary/aromatic N) is 4. The molecule has 1 aromatic rings. The molecular formula is C10H18N6O2. The van der Waals surface area contributed by atoms with Gasteiger partial charge in [-0.1, -0.05) is 0 Å². The quantitative estimate of drug-likeness (QED) is 0.555. The van der Waals surface area contributed by atoms with E-state index in [4.69, 9.17) is 15.3 Å². The van der Waals surface area contributed by atoms with Crippen molar-refractivity contribution in [2.45, 2.75) is 18.9 Å². The van der Waals surface area contributed by atoms with Gasteiger partial charge in [0.2, 0.25) is 5.95 Å². The Bertz CT molecular complexity index is 372. The third kappa shape index (κ3) is 3.17. The SMILES string of the molecule is COc1nc(NN)nc(OC2CCN(C)CC2)n1. The van der Waals surface area contributed by atoms with E-state index in [2.05, 4.69) is 32.3 Å². The van der Waals surface area contributed by atoms with Crippen LogP contribution in [0.25, 0.3) is 0 Å². The maximum Gasteiger partial charge on any atom is 0.324 e. The Morgan fingerprint density at radius 3 is 2.50 bits per heavy atom. The van der Waals surface area contributed by atoms with Crippen LogP contribution in [0.2, 0.25) is 0 Å². The van der Waals surface area contributed by atoms with Crippen LogP contribution in [0.5, 0.6) is 12.0 Å². The molecule has 8 nitrogen and oxygen atoms in total. The Balaban J connectivity index is 2.03.